The molecule has 0 radical (unpaired) electrons. The third kappa shape index (κ3) is 3.24. The molecule has 0 fully saturated rings. The van der Waals surface area contributed by atoms with Crippen molar-refractivity contribution >= 4 is 21.7 Å². The number of aryl methyl sites for hydroxylation is 2. The van der Waals surface area contributed by atoms with Gasteiger partial charge in [0.15, 0.2) is 6.61 Å². The van der Waals surface area contributed by atoms with Gasteiger partial charge in [-0.3, -0.25) is 4.79 Å². The maximum absolute atomic E-state index is 12.1. The van der Waals surface area contributed by atoms with Gasteiger partial charge in [0.05, 0.1) is 0 Å². The van der Waals surface area contributed by atoms with Crippen LogP contribution >= 0.6 is 15.9 Å². The summed E-state index contributed by atoms with van der Waals surface area (Å²) in [6, 6.07) is 13.3. The Morgan fingerprint density at radius 1 is 1.05 bits per heavy atom. The summed E-state index contributed by atoms with van der Waals surface area (Å²) in [5, 5.41) is 0. The zero-order valence-electron chi connectivity index (χ0n) is 10.9. The van der Waals surface area contributed by atoms with Gasteiger partial charge in [-0.2, -0.15) is 0 Å². The zero-order chi connectivity index (χ0) is 13.8. The van der Waals surface area contributed by atoms with Crippen LogP contribution in [0.5, 0.6) is 5.75 Å². The van der Waals surface area contributed by atoms with E-state index in [-0.39, 0.29) is 12.4 Å². The molecule has 2 nitrogen and oxygen atoms in total. The molecule has 3 heteroatoms. The van der Waals surface area contributed by atoms with Crippen LogP contribution in [0.25, 0.3) is 0 Å². The summed E-state index contributed by atoms with van der Waals surface area (Å²) in [6.45, 7) is 4.00. The second-order valence-electron chi connectivity index (χ2n) is 4.41. The Labute approximate surface area is 121 Å². The summed E-state index contributed by atoms with van der Waals surface area (Å²) in [5.41, 5.74) is 2.73. The van der Waals surface area contributed by atoms with Crippen molar-refractivity contribution in [2.45, 2.75) is 13.8 Å². The van der Waals surface area contributed by atoms with E-state index in [4.69, 9.17) is 4.74 Å². The number of halogens is 1. The van der Waals surface area contributed by atoms with E-state index in [1.807, 2.05) is 50.2 Å². The van der Waals surface area contributed by atoms with Crippen molar-refractivity contribution in [3.8, 4) is 5.75 Å². The summed E-state index contributed by atoms with van der Waals surface area (Å²) in [7, 11) is 0. The van der Waals surface area contributed by atoms with Gasteiger partial charge in [-0.25, -0.2) is 0 Å². The van der Waals surface area contributed by atoms with Crippen molar-refractivity contribution in [2.75, 3.05) is 6.61 Å². The van der Waals surface area contributed by atoms with E-state index in [0.29, 0.717) is 5.56 Å². The highest BCUT2D eigenvalue weighted by Crippen LogP contribution is 2.23. The standard InChI is InChI=1S/C16H15BrO2/c1-11-6-5-7-12(2)16(11)19-10-15(18)13-8-3-4-9-14(13)17/h3-9H,10H2,1-2H3. The lowest BCUT2D eigenvalue weighted by Gasteiger charge is -2.11. The van der Waals surface area contributed by atoms with Crippen molar-refractivity contribution in [1.29, 1.82) is 0 Å². The van der Waals surface area contributed by atoms with E-state index in [9.17, 15) is 4.79 Å². The van der Waals surface area contributed by atoms with Crippen molar-refractivity contribution in [3.05, 3.63) is 63.6 Å². The van der Waals surface area contributed by atoms with Crippen molar-refractivity contribution < 1.29 is 9.53 Å². The van der Waals surface area contributed by atoms with Crippen LogP contribution in [0, 0.1) is 13.8 Å². The first kappa shape index (κ1) is 13.8. The Morgan fingerprint density at radius 3 is 2.32 bits per heavy atom. The van der Waals surface area contributed by atoms with Crippen molar-refractivity contribution in [2.24, 2.45) is 0 Å². The number of hydrogen-bond acceptors (Lipinski definition) is 2. The molecule has 2 rings (SSSR count). The number of para-hydroxylation sites is 1. The lowest BCUT2D eigenvalue weighted by molar-refractivity contribution is 0.0920. The summed E-state index contributed by atoms with van der Waals surface area (Å²) >= 11 is 3.38. The van der Waals surface area contributed by atoms with Crippen LogP contribution in [0.4, 0.5) is 0 Å². The molecular weight excluding hydrogens is 304 g/mol. The molecule has 0 saturated heterocycles. The fraction of sp³-hybridized carbons (Fsp3) is 0.188. The maximum Gasteiger partial charge on any atom is 0.201 e. The molecule has 0 aliphatic carbocycles. The Morgan fingerprint density at radius 2 is 1.68 bits per heavy atom. The van der Waals surface area contributed by atoms with Gasteiger partial charge in [0, 0.05) is 10.0 Å². The van der Waals surface area contributed by atoms with Crippen molar-refractivity contribution in [3.63, 3.8) is 0 Å². The lowest BCUT2D eigenvalue weighted by Crippen LogP contribution is -2.13. The number of hydrogen-bond donors (Lipinski definition) is 0. The molecule has 19 heavy (non-hydrogen) atoms. The van der Waals surface area contributed by atoms with Crippen LogP contribution in [0.15, 0.2) is 46.9 Å². The normalized spacial score (nSPS) is 10.3. The van der Waals surface area contributed by atoms with E-state index in [1.54, 1.807) is 6.07 Å². The van der Waals surface area contributed by atoms with Gasteiger partial charge in [0.2, 0.25) is 5.78 Å². The third-order valence-electron chi connectivity index (χ3n) is 2.93. The highest BCUT2D eigenvalue weighted by atomic mass is 79.9. The van der Waals surface area contributed by atoms with Crippen LogP contribution in [0.3, 0.4) is 0 Å². The van der Waals surface area contributed by atoms with Gasteiger partial charge >= 0.3 is 0 Å². The molecule has 2 aromatic carbocycles. The van der Waals surface area contributed by atoms with Gasteiger partial charge in [0.25, 0.3) is 0 Å². The van der Waals surface area contributed by atoms with E-state index >= 15 is 0 Å². The van der Waals surface area contributed by atoms with E-state index in [2.05, 4.69) is 15.9 Å². The molecule has 0 aliphatic heterocycles. The summed E-state index contributed by atoms with van der Waals surface area (Å²) < 4.78 is 6.46. The Bertz CT molecular complexity index is 585. The van der Waals surface area contributed by atoms with Gasteiger partial charge in [-0.15, -0.1) is 0 Å². The van der Waals surface area contributed by atoms with Crippen LogP contribution in [0.1, 0.15) is 21.5 Å². The number of ether oxygens (including phenoxy) is 1. The number of rotatable bonds is 4. The molecule has 0 aromatic heterocycles. The fourth-order valence-electron chi connectivity index (χ4n) is 1.93. The average molecular weight is 319 g/mol. The lowest BCUT2D eigenvalue weighted by atomic mass is 10.1. The smallest absolute Gasteiger partial charge is 0.201 e. The monoisotopic (exact) mass is 318 g/mol. The molecule has 0 N–H and O–H groups in total. The SMILES string of the molecule is Cc1cccc(C)c1OCC(=O)c1ccccc1Br. The van der Waals surface area contributed by atoms with Crippen LogP contribution < -0.4 is 4.74 Å². The largest absolute Gasteiger partial charge is 0.485 e. The third-order valence-corrected chi connectivity index (χ3v) is 3.62. The molecule has 0 spiro atoms. The molecule has 0 atom stereocenters. The quantitative estimate of drug-likeness (QED) is 0.784. The molecule has 0 aliphatic rings. The topological polar surface area (TPSA) is 26.3 Å². The van der Waals surface area contributed by atoms with Crippen LogP contribution in [-0.4, -0.2) is 12.4 Å². The molecule has 0 amide bonds. The second kappa shape index (κ2) is 6.02. The minimum Gasteiger partial charge on any atom is -0.485 e. The van der Waals surface area contributed by atoms with Gasteiger partial charge < -0.3 is 4.74 Å². The molecule has 0 heterocycles. The number of carbonyl (C=O) groups excluding carboxylic acids is 1. The molecule has 2 aromatic rings. The summed E-state index contributed by atoms with van der Waals surface area (Å²) in [5.74, 6) is 0.762. The Balaban J connectivity index is 2.11. The average Bonchev–Trinajstić information content (AvgIpc) is 2.38. The number of benzene rings is 2. The van der Waals surface area contributed by atoms with Crippen LogP contribution in [0.2, 0.25) is 0 Å². The number of ketones is 1. The van der Waals surface area contributed by atoms with E-state index in [1.165, 1.54) is 0 Å². The minimum atomic E-state index is -0.0323. The molecule has 0 saturated carbocycles. The fourth-order valence-corrected chi connectivity index (χ4v) is 2.44. The van der Waals surface area contributed by atoms with Gasteiger partial charge in [-0.05, 0) is 31.0 Å². The van der Waals surface area contributed by atoms with Crippen molar-refractivity contribution in [1.82, 2.24) is 0 Å². The van der Waals surface area contributed by atoms with Crippen LogP contribution in [-0.2, 0) is 0 Å². The highest BCUT2D eigenvalue weighted by Gasteiger charge is 2.11. The summed E-state index contributed by atoms with van der Waals surface area (Å²) in [6.07, 6.45) is 0. The first-order valence-electron chi connectivity index (χ1n) is 6.06. The van der Waals surface area contributed by atoms with E-state index in [0.717, 1.165) is 21.3 Å². The molecule has 0 unspecified atom stereocenters. The number of Topliss-reactive ketones (excluding diaryl/α,β-unsaturated/α-hetero) is 1. The summed E-state index contributed by atoms with van der Waals surface area (Å²) in [4.78, 5) is 12.1. The second-order valence-corrected chi connectivity index (χ2v) is 5.27. The van der Waals surface area contributed by atoms with E-state index < -0.39 is 0 Å². The predicted octanol–water partition coefficient (Wildman–Crippen LogP) is 4.33. The minimum absolute atomic E-state index is 0.0323. The maximum atomic E-state index is 12.1. The zero-order valence-corrected chi connectivity index (χ0v) is 12.5. The number of carbonyl (C=O) groups is 1. The first-order chi connectivity index (χ1) is 9.09. The molecular formula is C16H15BrO2. The predicted molar refractivity (Wildman–Crippen MR) is 79.9 cm³/mol. The Kier molecular flexibility index (Phi) is 4.38. The first-order valence-corrected chi connectivity index (χ1v) is 6.85. The Hall–Kier alpha value is -1.61. The van der Waals surface area contributed by atoms with Gasteiger partial charge in [-0.1, -0.05) is 52.3 Å². The molecule has 98 valence electrons. The molecule has 0 bridgehead atoms. The highest BCUT2D eigenvalue weighted by molar-refractivity contribution is 9.10. The van der Waals surface area contributed by atoms with Gasteiger partial charge in [0.1, 0.15) is 5.75 Å².